The van der Waals surface area contributed by atoms with E-state index in [1.807, 2.05) is 38.0 Å². The van der Waals surface area contributed by atoms with Crippen LogP contribution in [0, 0.1) is 5.41 Å². The standard InChI is InChI=1S/C23H39NO4S/c1-11-29(26)17(3)20(22(4,5)6)24(23(7,8)9)28-16(2)18-12-14-19(15-13-18)21(25)27-10/h12-17,20H,11H2,1-10H3/t16?,17-,20+,29?/m0/s1. The molecular formula is C23H39NO4S. The zero-order valence-electron chi connectivity index (χ0n) is 19.7. The number of nitrogens with zero attached hydrogens (tertiary/aromatic N) is 1. The van der Waals surface area contributed by atoms with Gasteiger partial charge in [0.05, 0.1) is 24.0 Å². The van der Waals surface area contributed by atoms with E-state index in [0.29, 0.717) is 11.3 Å². The lowest BCUT2D eigenvalue weighted by molar-refractivity contribution is -0.277. The Morgan fingerprint density at radius 1 is 1.07 bits per heavy atom. The van der Waals surface area contributed by atoms with E-state index in [-0.39, 0.29) is 34.3 Å². The third kappa shape index (κ3) is 6.90. The molecule has 0 saturated heterocycles. The summed E-state index contributed by atoms with van der Waals surface area (Å²) in [5, 5.41) is 1.98. The predicted octanol–water partition coefficient (Wildman–Crippen LogP) is 5.14. The monoisotopic (exact) mass is 425 g/mol. The molecule has 0 N–H and O–H groups in total. The Kier molecular flexibility index (Phi) is 9.06. The fourth-order valence-corrected chi connectivity index (χ4v) is 4.87. The quantitative estimate of drug-likeness (QED) is 0.426. The van der Waals surface area contributed by atoms with Crippen LogP contribution in [0.25, 0.3) is 0 Å². The van der Waals surface area contributed by atoms with Crippen LogP contribution in [0.4, 0.5) is 0 Å². The Labute approximate surface area is 179 Å². The molecule has 6 heteroatoms. The highest BCUT2D eigenvalue weighted by molar-refractivity contribution is 7.85. The molecule has 0 aliphatic carbocycles. The molecule has 0 fully saturated rings. The van der Waals surface area contributed by atoms with Crippen molar-refractivity contribution in [2.24, 2.45) is 5.41 Å². The van der Waals surface area contributed by atoms with Gasteiger partial charge in [-0.25, -0.2) is 4.79 Å². The van der Waals surface area contributed by atoms with Crippen LogP contribution in [0.3, 0.4) is 0 Å². The summed E-state index contributed by atoms with van der Waals surface area (Å²) in [5.74, 6) is 0.265. The lowest BCUT2D eigenvalue weighted by Crippen LogP contribution is -2.58. The SMILES string of the molecule is CCS(=O)[C@@H](C)[C@@H](N(OC(C)c1ccc(C(=O)OC)cc1)C(C)(C)C)C(C)(C)C. The van der Waals surface area contributed by atoms with Crippen LogP contribution in [0.2, 0.25) is 0 Å². The number of esters is 1. The van der Waals surface area contributed by atoms with Crippen LogP contribution in [0.5, 0.6) is 0 Å². The molecule has 166 valence electrons. The molecule has 0 saturated carbocycles. The lowest BCUT2D eigenvalue weighted by atomic mass is 9.83. The van der Waals surface area contributed by atoms with E-state index in [0.717, 1.165) is 5.56 Å². The van der Waals surface area contributed by atoms with Crippen molar-refractivity contribution in [3.05, 3.63) is 35.4 Å². The van der Waals surface area contributed by atoms with Gasteiger partial charge in [0.1, 0.15) is 6.10 Å². The zero-order valence-corrected chi connectivity index (χ0v) is 20.6. The average molecular weight is 426 g/mol. The fourth-order valence-electron chi connectivity index (χ4n) is 3.53. The van der Waals surface area contributed by atoms with Gasteiger partial charge in [0.2, 0.25) is 0 Å². The molecule has 0 heterocycles. The number of ether oxygens (including phenoxy) is 1. The van der Waals surface area contributed by atoms with Gasteiger partial charge in [0.25, 0.3) is 0 Å². The van der Waals surface area contributed by atoms with Gasteiger partial charge in [-0.1, -0.05) is 39.8 Å². The highest BCUT2D eigenvalue weighted by atomic mass is 32.2. The minimum absolute atomic E-state index is 0.0416. The highest BCUT2D eigenvalue weighted by Crippen LogP contribution is 2.36. The first-order chi connectivity index (χ1) is 13.2. The highest BCUT2D eigenvalue weighted by Gasteiger charge is 2.43. The summed E-state index contributed by atoms with van der Waals surface area (Å²) in [6.45, 7) is 18.8. The van der Waals surface area contributed by atoms with Gasteiger partial charge in [-0.05, 0) is 57.7 Å². The molecule has 5 nitrogen and oxygen atoms in total. The van der Waals surface area contributed by atoms with Crippen molar-refractivity contribution >= 4 is 16.8 Å². The Morgan fingerprint density at radius 3 is 1.97 bits per heavy atom. The Bertz CT molecular complexity index is 688. The minimum Gasteiger partial charge on any atom is -0.465 e. The second-order valence-electron chi connectivity index (χ2n) is 9.54. The van der Waals surface area contributed by atoms with E-state index in [1.54, 1.807) is 12.1 Å². The number of carbonyl (C=O) groups is 1. The van der Waals surface area contributed by atoms with Crippen molar-refractivity contribution in [3.8, 4) is 0 Å². The maximum Gasteiger partial charge on any atom is 0.337 e. The molecule has 29 heavy (non-hydrogen) atoms. The second-order valence-corrected chi connectivity index (χ2v) is 11.6. The van der Waals surface area contributed by atoms with Crippen molar-refractivity contribution in [1.29, 1.82) is 0 Å². The minimum atomic E-state index is -0.946. The molecule has 0 radical (unpaired) electrons. The van der Waals surface area contributed by atoms with Gasteiger partial charge in [0.15, 0.2) is 0 Å². The van der Waals surface area contributed by atoms with Crippen LogP contribution < -0.4 is 0 Å². The van der Waals surface area contributed by atoms with E-state index in [9.17, 15) is 9.00 Å². The first-order valence-electron chi connectivity index (χ1n) is 10.3. The average Bonchev–Trinajstić information content (AvgIpc) is 2.64. The summed E-state index contributed by atoms with van der Waals surface area (Å²) in [4.78, 5) is 18.2. The number of carbonyl (C=O) groups excluding carboxylic acids is 1. The number of hydrogen-bond donors (Lipinski definition) is 0. The largest absolute Gasteiger partial charge is 0.465 e. The maximum atomic E-state index is 12.7. The molecule has 1 aromatic carbocycles. The molecule has 0 aromatic heterocycles. The summed E-state index contributed by atoms with van der Waals surface area (Å²) in [7, 11) is 0.427. The van der Waals surface area contributed by atoms with E-state index >= 15 is 0 Å². The zero-order chi connectivity index (χ0) is 22.6. The fraction of sp³-hybridized carbons (Fsp3) is 0.696. The molecule has 4 atom stereocenters. The van der Waals surface area contributed by atoms with Crippen LogP contribution in [0.1, 0.15) is 84.3 Å². The second kappa shape index (κ2) is 10.2. The summed E-state index contributed by atoms with van der Waals surface area (Å²) in [6, 6.07) is 7.23. The first kappa shape index (κ1) is 25.8. The van der Waals surface area contributed by atoms with Crippen LogP contribution in [0.15, 0.2) is 24.3 Å². The summed E-state index contributed by atoms with van der Waals surface area (Å²) in [5.41, 5.74) is 1.05. The van der Waals surface area contributed by atoms with E-state index in [4.69, 9.17) is 9.57 Å². The number of benzene rings is 1. The molecule has 1 rings (SSSR count). The summed E-state index contributed by atoms with van der Waals surface area (Å²) < 4.78 is 17.5. The molecule has 0 spiro atoms. The molecule has 0 amide bonds. The molecule has 0 aliphatic rings. The number of hydroxylamine groups is 2. The van der Waals surface area contributed by atoms with Gasteiger partial charge in [-0.15, -0.1) is 0 Å². The Hall–Kier alpha value is -1.24. The van der Waals surface area contributed by atoms with Gasteiger partial charge in [-0.2, -0.15) is 5.06 Å². The van der Waals surface area contributed by atoms with Crippen LogP contribution in [-0.4, -0.2) is 44.9 Å². The van der Waals surface area contributed by atoms with Crippen molar-refractivity contribution in [3.63, 3.8) is 0 Å². The van der Waals surface area contributed by atoms with Gasteiger partial charge in [0, 0.05) is 22.1 Å². The van der Waals surface area contributed by atoms with E-state index in [1.165, 1.54) is 7.11 Å². The summed E-state index contributed by atoms with van der Waals surface area (Å²) in [6.07, 6.45) is -0.229. The van der Waals surface area contributed by atoms with Crippen molar-refractivity contribution < 1.29 is 18.6 Å². The van der Waals surface area contributed by atoms with Crippen molar-refractivity contribution in [2.75, 3.05) is 12.9 Å². The van der Waals surface area contributed by atoms with E-state index in [2.05, 4.69) is 41.5 Å². The van der Waals surface area contributed by atoms with Crippen molar-refractivity contribution in [1.82, 2.24) is 5.06 Å². The molecular weight excluding hydrogens is 386 g/mol. The Balaban J connectivity index is 3.23. The number of hydrogen-bond acceptors (Lipinski definition) is 5. The number of methoxy groups -OCH3 is 1. The molecule has 2 unspecified atom stereocenters. The predicted molar refractivity (Wildman–Crippen MR) is 120 cm³/mol. The molecule has 0 bridgehead atoms. The first-order valence-corrected chi connectivity index (χ1v) is 11.6. The molecule has 1 aromatic rings. The van der Waals surface area contributed by atoms with Gasteiger partial charge in [-0.3, -0.25) is 9.05 Å². The van der Waals surface area contributed by atoms with Crippen LogP contribution in [-0.2, 0) is 20.4 Å². The van der Waals surface area contributed by atoms with Crippen LogP contribution >= 0.6 is 0 Å². The van der Waals surface area contributed by atoms with Gasteiger partial charge >= 0.3 is 5.97 Å². The third-order valence-corrected chi connectivity index (χ3v) is 6.67. The topological polar surface area (TPSA) is 55.8 Å². The maximum absolute atomic E-state index is 12.7. The van der Waals surface area contributed by atoms with Crippen molar-refractivity contribution in [2.45, 2.75) is 85.2 Å². The smallest absolute Gasteiger partial charge is 0.337 e. The van der Waals surface area contributed by atoms with Gasteiger partial charge < -0.3 is 4.74 Å². The Morgan fingerprint density at radius 2 is 1.59 bits per heavy atom. The summed E-state index contributed by atoms with van der Waals surface area (Å²) >= 11 is 0. The lowest BCUT2D eigenvalue weighted by Gasteiger charge is -2.49. The normalized spacial score (nSPS) is 16.9. The number of rotatable bonds is 8. The molecule has 0 aliphatic heterocycles. The van der Waals surface area contributed by atoms with E-state index < -0.39 is 10.8 Å². The third-order valence-electron chi connectivity index (χ3n) is 5.02.